The van der Waals surface area contributed by atoms with Crippen LogP contribution < -0.4 is 9.47 Å². The van der Waals surface area contributed by atoms with Gasteiger partial charge in [0.25, 0.3) is 0 Å². The monoisotopic (exact) mass is 434 g/mol. The summed E-state index contributed by atoms with van der Waals surface area (Å²) in [5, 5.41) is 0. The number of carbonyl (C=O) groups excluding carboxylic acids is 2. The van der Waals surface area contributed by atoms with E-state index in [1.54, 1.807) is 49.6 Å². The molecule has 0 aliphatic heterocycles. The highest BCUT2D eigenvalue weighted by Crippen LogP contribution is 2.18. The second-order valence-electron chi connectivity index (χ2n) is 7.01. The smallest absolute Gasteiger partial charge is 0.343 e. The van der Waals surface area contributed by atoms with E-state index in [1.807, 2.05) is 30.3 Å². The van der Waals surface area contributed by atoms with E-state index in [1.165, 1.54) is 11.6 Å². The summed E-state index contributed by atoms with van der Waals surface area (Å²) in [6, 6.07) is 23.0. The number of hydrogen-bond acceptors (Lipinski definition) is 6. The molecule has 32 heavy (non-hydrogen) atoms. The fourth-order valence-electron chi connectivity index (χ4n) is 2.95. The van der Waals surface area contributed by atoms with Crippen molar-refractivity contribution in [1.82, 2.24) is 0 Å². The Morgan fingerprint density at radius 3 is 2.25 bits per heavy atom. The third-order valence-electron chi connectivity index (χ3n) is 4.61. The van der Waals surface area contributed by atoms with Crippen molar-refractivity contribution < 1.29 is 28.5 Å². The number of aryl methyl sites for hydroxylation is 1. The van der Waals surface area contributed by atoms with Crippen molar-refractivity contribution in [2.24, 2.45) is 0 Å². The number of benzene rings is 3. The Kier molecular flexibility index (Phi) is 8.83. The number of methoxy groups -OCH3 is 1. The lowest BCUT2D eigenvalue weighted by molar-refractivity contribution is 0.0498. The molecule has 0 spiro atoms. The first-order valence-corrected chi connectivity index (χ1v) is 10.4. The lowest BCUT2D eigenvalue weighted by Crippen LogP contribution is -2.10. The zero-order valence-corrected chi connectivity index (χ0v) is 18.0. The largest absolute Gasteiger partial charge is 0.491 e. The van der Waals surface area contributed by atoms with Gasteiger partial charge in [-0.05, 0) is 60.9 Å². The summed E-state index contributed by atoms with van der Waals surface area (Å²) >= 11 is 0. The standard InChI is InChI=1S/C26H26O6/c1-29-17-18-30-23-14-12-21(13-15-23)26(28)32-24-11-5-10-22(19-24)25(27)31-16-6-9-20-7-3-2-4-8-20/h2-5,7-8,10-15,19H,6,9,16-18H2,1H3. The van der Waals surface area contributed by atoms with Gasteiger partial charge in [-0.15, -0.1) is 0 Å². The van der Waals surface area contributed by atoms with Crippen molar-refractivity contribution >= 4 is 11.9 Å². The average Bonchev–Trinajstić information content (AvgIpc) is 2.83. The van der Waals surface area contributed by atoms with Crippen LogP contribution in [0.3, 0.4) is 0 Å². The molecule has 0 unspecified atom stereocenters. The van der Waals surface area contributed by atoms with Crippen molar-refractivity contribution in [1.29, 1.82) is 0 Å². The van der Waals surface area contributed by atoms with Crippen LogP contribution in [0.1, 0.15) is 32.7 Å². The number of ether oxygens (including phenoxy) is 4. The summed E-state index contributed by atoms with van der Waals surface area (Å²) in [5.41, 5.74) is 1.90. The first-order chi connectivity index (χ1) is 15.7. The Morgan fingerprint density at radius 1 is 0.719 bits per heavy atom. The molecule has 0 saturated carbocycles. The van der Waals surface area contributed by atoms with E-state index < -0.39 is 11.9 Å². The third kappa shape index (κ3) is 7.25. The molecule has 6 heteroatoms. The van der Waals surface area contributed by atoms with Gasteiger partial charge in [-0.3, -0.25) is 0 Å². The molecule has 3 aromatic rings. The molecule has 6 nitrogen and oxygen atoms in total. The molecule has 0 amide bonds. The van der Waals surface area contributed by atoms with Crippen LogP contribution in [-0.4, -0.2) is 38.9 Å². The normalized spacial score (nSPS) is 10.4. The summed E-state index contributed by atoms with van der Waals surface area (Å²) in [4.78, 5) is 24.7. The minimum atomic E-state index is -0.526. The topological polar surface area (TPSA) is 71.1 Å². The van der Waals surface area contributed by atoms with Gasteiger partial charge in [0.15, 0.2) is 0 Å². The molecule has 166 valence electrons. The van der Waals surface area contributed by atoms with Crippen LogP contribution in [0.15, 0.2) is 78.9 Å². The van der Waals surface area contributed by atoms with Gasteiger partial charge in [0.2, 0.25) is 0 Å². The van der Waals surface area contributed by atoms with Crippen LogP contribution in [-0.2, 0) is 15.9 Å². The van der Waals surface area contributed by atoms with Gasteiger partial charge < -0.3 is 18.9 Å². The van der Waals surface area contributed by atoms with E-state index in [9.17, 15) is 9.59 Å². The Balaban J connectivity index is 1.49. The van der Waals surface area contributed by atoms with Crippen molar-refractivity contribution in [3.8, 4) is 11.5 Å². The molecule has 0 fully saturated rings. The maximum Gasteiger partial charge on any atom is 0.343 e. The Hall–Kier alpha value is -3.64. The number of carbonyl (C=O) groups is 2. The lowest BCUT2D eigenvalue weighted by Gasteiger charge is -2.09. The fraction of sp³-hybridized carbons (Fsp3) is 0.231. The van der Waals surface area contributed by atoms with Gasteiger partial charge in [0, 0.05) is 7.11 Å². The van der Waals surface area contributed by atoms with Crippen LogP contribution in [0.5, 0.6) is 11.5 Å². The predicted octanol–water partition coefficient (Wildman–Crippen LogP) is 4.72. The van der Waals surface area contributed by atoms with Crippen LogP contribution in [0.4, 0.5) is 0 Å². The molecule has 3 rings (SSSR count). The highest BCUT2D eigenvalue weighted by Gasteiger charge is 2.12. The van der Waals surface area contributed by atoms with Crippen molar-refractivity contribution in [2.75, 3.05) is 26.9 Å². The molecule has 0 aliphatic carbocycles. The SMILES string of the molecule is COCCOc1ccc(C(=O)Oc2cccc(C(=O)OCCCc3ccccc3)c2)cc1. The molecule has 0 atom stereocenters. The maximum atomic E-state index is 12.4. The first kappa shape index (κ1) is 23.0. The zero-order valence-electron chi connectivity index (χ0n) is 18.0. The highest BCUT2D eigenvalue weighted by atomic mass is 16.5. The summed E-state index contributed by atoms with van der Waals surface area (Å²) in [6.07, 6.45) is 1.57. The second kappa shape index (κ2) is 12.3. The second-order valence-corrected chi connectivity index (χ2v) is 7.01. The van der Waals surface area contributed by atoms with Gasteiger partial charge in [-0.25, -0.2) is 9.59 Å². The van der Waals surface area contributed by atoms with Gasteiger partial charge in [0.05, 0.1) is 24.3 Å². The first-order valence-electron chi connectivity index (χ1n) is 10.4. The third-order valence-corrected chi connectivity index (χ3v) is 4.61. The molecule has 0 N–H and O–H groups in total. The van der Waals surface area contributed by atoms with Crippen LogP contribution in [0.25, 0.3) is 0 Å². The van der Waals surface area contributed by atoms with E-state index in [-0.39, 0.29) is 5.75 Å². The minimum Gasteiger partial charge on any atom is -0.491 e. The Morgan fingerprint density at radius 2 is 1.50 bits per heavy atom. The molecule has 0 saturated heterocycles. The predicted molar refractivity (Wildman–Crippen MR) is 120 cm³/mol. The average molecular weight is 434 g/mol. The molecular weight excluding hydrogens is 408 g/mol. The molecule has 0 radical (unpaired) electrons. The quantitative estimate of drug-likeness (QED) is 0.247. The molecular formula is C26H26O6. The van der Waals surface area contributed by atoms with Crippen LogP contribution in [0, 0.1) is 0 Å². The van der Waals surface area contributed by atoms with Crippen LogP contribution >= 0.6 is 0 Å². The van der Waals surface area contributed by atoms with Gasteiger partial charge in [-0.1, -0.05) is 36.4 Å². The molecule has 0 aromatic heterocycles. The Labute approximate surface area is 187 Å². The molecule has 0 aliphatic rings. The van der Waals surface area contributed by atoms with Crippen molar-refractivity contribution in [3.63, 3.8) is 0 Å². The maximum absolute atomic E-state index is 12.4. The molecule has 0 heterocycles. The zero-order chi connectivity index (χ0) is 22.6. The fourth-order valence-corrected chi connectivity index (χ4v) is 2.95. The number of rotatable bonds is 11. The summed E-state index contributed by atoms with van der Waals surface area (Å²) in [5.74, 6) is -0.0693. The van der Waals surface area contributed by atoms with E-state index >= 15 is 0 Å². The molecule has 3 aromatic carbocycles. The van der Waals surface area contributed by atoms with Crippen molar-refractivity contribution in [3.05, 3.63) is 95.6 Å². The van der Waals surface area contributed by atoms with Gasteiger partial charge in [-0.2, -0.15) is 0 Å². The van der Waals surface area contributed by atoms with E-state index in [2.05, 4.69) is 0 Å². The number of esters is 2. The Bertz CT molecular complexity index is 998. The van der Waals surface area contributed by atoms with E-state index in [4.69, 9.17) is 18.9 Å². The number of hydrogen-bond donors (Lipinski definition) is 0. The summed E-state index contributed by atoms with van der Waals surface area (Å²) < 4.78 is 21.2. The highest BCUT2D eigenvalue weighted by molar-refractivity contribution is 5.92. The van der Waals surface area contributed by atoms with E-state index in [0.717, 1.165) is 12.8 Å². The summed E-state index contributed by atoms with van der Waals surface area (Å²) in [7, 11) is 1.60. The van der Waals surface area contributed by atoms with E-state index in [0.29, 0.717) is 36.7 Å². The van der Waals surface area contributed by atoms with Gasteiger partial charge in [0.1, 0.15) is 18.1 Å². The summed E-state index contributed by atoms with van der Waals surface area (Å²) in [6.45, 7) is 1.22. The van der Waals surface area contributed by atoms with Gasteiger partial charge >= 0.3 is 11.9 Å². The lowest BCUT2D eigenvalue weighted by atomic mass is 10.1. The molecule has 0 bridgehead atoms. The van der Waals surface area contributed by atoms with Crippen molar-refractivity contribution in [2.45, 2.75) is 12.8 Å². The van der Waals surface area contributed by atoms with Crippen LogP contribution in [0.2, 0.25) is 0 Å². The minimum absolute atomic E-state index is 0.272.